The fourth-order valence-electron chi connectivity index (χ4n) is 2.16. The van der Waals surface area contributed by atoms with Crippen LogP contribution in [0.15, 0.2) is 36.9 Å². The van der Waals surface area contributed by atoms with E-state index in [1.807, 2.05) is 47.5 Å². The molecule has 1 aromatic carbocycles. The summed E-state index contributed by atoms with van der Waals surface area (Å²) in [6.45, 7) is 8.29. The molecule has 0 spiro atoms. The first kappa shape index (κ1) is 17.7. The molecule has 1 aromatic heterocycles. The third-order valence-electron chi connectivity index (χ3n) is 3.33. The van der Waals surface area contributed by atoms with E-state index < -0.39 is 0 Å². The largest absolute Gasteiger partial charge is 0.492 e. The van der Waals surface area contributed by atoms with Gasteiger partial charge in [0.15, 0.2) is 4.77 Å². The predicted octanol–water partition coefficient (Wildman–Crippen LogP) is 3.53. The van der Waals surface area contributed by atoms with Gasteiger partial charge in [-0.3, -0.25) is 4.90 Å². The fourth-order valence-corrected chi connectivity index (χ4v) is 2.64. The zero-order chi connectivity index (χ0) is 16.8. The van der Waals surface area contributed by atoms with Gasteiger partial charge in [0.1, 0.15) is 18.2 Å². The lowest BCUT2D eigenvalue weighted by Gasteiger charge is -2.16. The van der Waals surface area contributed by atoms with Crippen LogP contribution < -0.4 is 4.74 Å². The van der Waals surface area contributed by atoms with Gasteiger partial charge in [-0.1, -0.05) is 23.7 Å². The Morgan fingerprint density at radius 3 is 2.96 bits per heavy atom. The van der Waals surface area contributed by atoms with Crippen molar-refractivity contribution < 1.29 is 4.74 Å². The lowest BCUT2D eigenvalue weighted by Crippen LogP contribution is -2.27. The van der Waals surface area contributed by atoms with Crippen LogP contribution in [0, 0.1) is 11.7 Å². The van der Waals surface area contributed by atoms with E-state index in [-0.39, 0.29) is 0 Å². The molecule has 0 aliphatic rings. The summed E-state index contributed by atoms with van der Waals surface area (Å²) in [5.74, 6) is 1.66. The lowest BCUT2D eigenvalue weighted by atomic mass is 10.3. The van der Waals surface area contributed by atoms with Crippen molar-refractivity contribution in [3.05, 3.63) is 52.5 Å². The Kier molecular flexibility index (Phi) is 6.38. The number of benzene rings is 1. The topological polar surface area (TPSA) is 35.2 Å². The Morgan fingerprint density at radius 2 is 2.26 bits per heavy atom. The van der Waals surface area contributed by atoms with Crippen LogP contribution in [0.2, 0.25) is 5.02 Å². The molecule has 1 heterocycles. The van der Waals surface area contributed by atoms with E-state index in [2.05, 4.69) is 16.6 Å². The molecule has 0 bridgehead atoms. The quantitative estimate of drug-likeness (QED) is 0.538. The van der Waals surface area contributed by atoms with Gasteiger partial charge in [0.25, 0.3) is 0 Å². The van der Waals surface area contributed by atoms with Gasteiger partial charge in [-0.2, -0.15) is 5.10 Å². The molecule has 0 fully saturated rings. The number of nitrogens with zero attached hydrogens (tertiary/aromatic N) is 4. The Labute approximate surface area is 146 Å². The number of hydrogen-bond acceptors (Lipinski definition) is 4. The highest BCUT2D eigenvalue weighted by molar-refractivity contribution is 7.71. The maximum atomic E-state index is 5.93. The minimum absolute atomic E-state index is 0.566. The average Bonchev–Trinajstić information content (AvgIpc) is 2.75. The van der Waals surface area contributed by atoms with Crippen molar-refractivity contribution in [2.24, 2.45) is 0 Å². The SMILES string of the molecule is C=CCn1c(C)nn(CN(C)CCOc2cccc(Cl)c2)c1=S. The molecule has 23 heavy (non-hydrogen) atoms. The van der Waals surface area contributed by atoms with Gasteiger partial charge in [0.2, 0.25) is 0 Å². The summed E-state index contributed by atoms with van der Waals surface area (Å²) in [5.41, 5.74) is 0. The summed E-state index contributed by atoms with van der Waals surface area (Å²) in [7, 11) is 2.00. The van der Waals surface area contributed by atoms with Crippen molar-refractivity contribution in [1.29, 1.82) is 0 Å². The highest BCUT2D eigenvalue weighted by atomic mass is 35.5. The number of likely N-dealkylation sites (N-methyl/N-ethyl adjacent to an activating group) is 1. The standard InChI is InChI=1S/C16H21ClN4OS/c1-4-8-20-13(2)18-21(16(20)23)12-19(3)9-10-22-15-7-5-6-14(17)11-15/h4-7,11H,1,8-10,12H2,2-3H3. The van der Waals surface area contributed by atoms with Gasteiger partial charge in [0, 0.05) is 18.1 Å². The van der Waals surface area contributed by atoms with Crippen LogP contribution in [-0.2, 0) is 13.2 Å². The van der Waals surface area contributed by atoms with Crippen LogP contribution in [0.25, 0.3) is 0 Å². The van der Waals surface area contributed by atoms with Gasteiger partial charge in [-0.25, -0.2) is 4.68 Å². The summed E-state index contributed by atoms with van der Waals surface area (Å²) in [6.07, 6.45) is 1.82. The van der Waals surface area contributed by atoms with Crippen molar-refractivity contribution in [3.8, 4) is 5.75 Å². The smallest absolute Gasteiger partial charge is 0.199 e. The normalized spacial score (nSPS) is 11.0. The van der Waals surface area contributed by atoms with Crippen molar-refractivity contribution in [2.45, 2.75) is 20.1 Å². The summed E-state index contributed by atoms with van der Waals surface area (Å²) >= 11 is 11.4. The van der Waals surface area contributed by atoms with Crippen LogP contribution in [0.1, 0.15) is 5.82 Å². The first-order valence-corrected chi connectivity index (χ1v) is 8.12. The molecule has 2 rings (SSSR count). The molecule has 0 unspecified atom stereocenters. The van der Waals surface area contributed by atoms with E-state index in [1.165, 1.54) is 0 Å². The summed E-state index contributed by atoms with van der Waals surface area (Å²) in [4.78, 5) is 2.10. The van der Waals surface area contributed by atoms with Gasteiger partial charge in [-0.05, 0) is 44.4 Å². The minimum atomic E-state index is 0.566. The number of ether oxygens (including phenoxy) is 1. The zero-order valence-corrected chi connectivity index (χ0v) is 15.0. The van der Waals surface area contributed by atoms with E-state index in [4.69, 9.17) is 28.6 Å². The highest BCUT2D eigenvalue weighted by Crippen LogP contribution is 2.16. The van der Waals surface area contributed by atoms with Crippen LogP contribution >= 0.6 is 23.8 Å². The first-order chi connectivity index (χ1) is 11.0. The summed E-state index contributed by atoms with van der Waals surface area (Å²) in [6, 6.07) is 7.39. The average molecular weight is 353 g/mol. The second kappa shape index (κ2) is 8.29. The maximum Gasteiger partial charge on any atom is 0.199 e. The van der Waals surface area contributed by atoms with Crippen LogP contribution in [0.5, 0.6) is 5.75 Å². The van der Waals surface area contributed by atoms with E-state index in [1.54, 1.807) is 6.07 Å². The third-order valence-corrected chi connectivity index (χ3v) is 4.00. The van der Waals surface area contributed by atoms with Crippen molar-refractivity contribution in [2.75, 3.05) is 20.2 Å². The molecule has 0 radical (unpaired) electrons. The summed E-state index contributed by atoms with van der Waals surface area (Å²) < 4.78 is 10.2. The van der Waals surface area contributed by atoms with Gasteiger partial charge < -0.3 is 9.30 Å². The molecule has 0 saturated heterocycles. The molecule has 0 atom stereocenters. The van der Waals surface area contributed by atoms with E-state index in [0.717, 1.165) is 18.1 Å². The molecule has 124 valence electrons. The van der Waals surface area contributed by atoms with Gasteiger partial charge >= 0.3 is 0 Å². The van der Waals surface area contributed by atoms with Crippen LogP contribution in [-0.4, -0.2) is 39.4 Å². The number of halogens is 1. The third kappa shape index (κ3) is 4.92. The molecule has 7 heteroatoms. The van der Waals surface area contributed by atoms with Crippen LogP contribution in [0.3, 0.4) is 0 Å². The highest BCUT2D eigenvalue weighted by Gasteiger charge is 2.08. The number of aryl methyl sites for hydroxylation is 1. The van der Waals surface area contributed by atoms with Gasteiger partial charge in [-0.15, -0.1) is 6.58 Å². The van der Waals surface area contributed by atoms with Crippen molar-refractivity contribution in [3.63, 3.8) is 0 Å². The molecule has 2 aromatic rings. The summed E-state index contributed by atoms with van der Waals surface area (Å²) in [5, 5.41) is 5.15. The van der Waals surface area contributed by atoms with Crippen molar-refractivity contribution >= 4 is 23.8 Å². The van der Waals surface area contributed by atoms with E-state index in [0.29, 0.717) is 29.6 Å². The van der Waals surface area contributed by atoms with Gasteiger partial charge in [0.05, 0.1) is 6.67 Å². The van der Waals surface area contributed by atoms with Crippen LogP contribution in [0.4, 0.5) is 0 Å². The molecule has 5 nitrogen and oxygen atoms in total. The Bertz CT molecular complexity index is 725. The van der Waals surface area contributed by atoms with E-state index >= 15 is 0 Å². The Balaban J connectivity index is 1.87. The molecule has 0 N–H and O–H groups in total. The molecular formula is C16H21ClN4OS. The lowest BCUT2D eigenvalue weighted by molar-refractivity contribution is 0.197. The zero-order valence-electron chi connectivity index (χ0n) is 13.4. The second-order valence-corrected chi connectivity index (χ2v) is 6.06. The number of allylic oxidation sites excluding steroid dienone is 1. The first-order valence-electron chi connectivity index (χ1n) is 7.33. The molecule has 0 aliphatic carbocycles. The molecule has 0 amide bonds. The number of hydrogen-bond donors (Lipinski definition) is 0. The Morgan fingerprint density at radius 1 is 1.48 bits per heavy atom. The molecular weight excluding hydrogens is 332 g/mol. The molecule has 0 aliphatic heterocycles. The Hall–Kier alpha value is -1.63. The van der Waals surface area contributed by atoms with Crippen molar-refractivity contribution in [1.82, 2.24) is 19.2 Å². The van der Waals surface area contributed by atoms with E-state index in [9.17, 15) is 0 Å². The maximum absolute atomic E-state index is 5.93. The minimum Gasteiger partial charge on any atom is -0.492 e. The number of rotatable bonds is 8. The molecule has 0 saturated carbocycles. The fraction of sp³-hybridized carbons (Fsp3) is 0.375. The second-order valence-electron chi connectivity index (χ2n) is 5.26. The predicted molar refractivity (Wildman–Crippen MR) is 95.6 cm³/mol. The number of aromatic nitrogens is 3. The monoisotopic (exact) mass is 352 g/mol.